The Morgan fingerprint density at radius 2 is 1.79 bits per heavy atom. The highest BCUT2D eigenvalue weighted by atomic mass is 79.9. The molecule has 3 aromatic rings. The lowest BCUT2D eigenvalue weighted by Crippen LogP contribution is -2.56. The van der Waals surface area contributed by atoms with Crippen molar-refractivity contribution in [3.63, 3.8) is 0 Å². The molecule has 222 valence electrons. The van der Waals surface area contributed by atoms with Gasteiger partial charge >= 0.3 is 0 Å². The normalized spacial score (nSPS) is 19.4. The number of hydrogen-bond donors (Lipinski definition) is 0. The number of hydrogen-bond acceptors (Lipinski definition) is 6. The largest absolute Gasteiger partial charge is 0.491 e. The van der Waals surface area contributed by atoms with Crippen LogP contribution in [0.1, 0.15) is 61.3 Å². The summed E-state index contributed by atoms with van der Waals surface area (Å²) in [7, 11) is 0. The van der Waals surface area contributed by atoms with E-state index >= 15 is 0 Å². The fraction of sp³-hybridized carbons (Fsp3) is 0.433. The Labute approximate surface area is 250 Å². The first-order valence-corrected chi connectivity index (χ1v) is 14.7. The molecule has 9 nitrogen and oxygen atoms in total. The SMILES string of the molecule is CCOc1ccc(-c2cn(CC3(C(C)C)CCCN(C(=O)C(C)N4C(=O)c5ccc(Br)cc5C4=O)C3)nn2)c(F)c1F. The van der Waals surface area contributed by atoms with E-state index < -0.39 is 34.9 Å². The molecule has 1 saturated heterocycles. The van der Waals surface area contributed by atoms with Crippen LogP contribution in [0, 0.1) is 23.0 Å². The summed E-state index contributed by atoms with van der Waals surface area (Å²) in [5.41, 5.74) is 0.304. The Morgan fingerprint density at radius 3 is 2.50 bits per heavy atom. The van der Waals surface area contributed by atoms with Crippen molar-refractivity contribution in [2.75, 3.05) is 19.7 Å². The smallest absolute Gasteiger partial charge is 0.262 e. The summed E-state index contributed by atoms with van der Waals surface area (Å²) in [5.74, 6) is -3.47. The molecule has 2 aliphatic heterocycles. The lowest BCUT2D eigenvalue weighted by molar-refractivity contribution is -0.139. The van der Waals surface area contributed by atoms with Crippen LogP contribution in [0.5, 0.6) is 5.75 Å². The fourth-order valence-corrected chi connectivity index (χ4v) is 6.27. The van der Waals surface area contributed by atoms with Crippen LogP contribution in [0.2, 0.25) is 0 Å². The van der Waals surface area contributed by atoms with Gasteiger partial charge in [0.2, 0.25) is 11.7 Å². The number of ether oxygens (including phenoxy) is 1. The second-order valence-electron chi connectivity index (χ2n) is 11.2. The van der Waals surface area contributed by atoms with Gasteiger partial charge < -0.3 is 9.64 Å². The third-order valence-corrected chi connectivity index (χ3v) is 8.90. The van der Waals surface area contributed by atoms with Crippen molar-refractivity contribution < 1.29 is 27.9 Å². The minimum absolute atomic E-state index is 0.0250. The van der Waals surface area contributed by atoms with Gasteiger partial charge in [-0.1, -0.05) is 35.0 Å². The summed E-state index contributed by atoms with van der Waals surface area (Å²) in [5, 5.41) is 8.30. The molecule has 3 amide bonds. The Morgan fingerprint density at radius 1 is 1.07 bits per heavy atom. The molecule has 3 heterocycles. The zero-order valence-corrected chi connectivity index (χ0v) is 25.5. The summed E-state index contributed by atoms with van der Waals surface area (Å²) in [4.78, 5) is 42.7. The molecular formula is C30H32BrF2N5O4. The molecule has 0 radical (unpaired) electrons. The third kappa shape index (κ3) is 5.21. The van der Waals surface area contributed by atoms with E-state index in [0.29, 0.717) is 30.5 Å². The van der Waals surface area contributed by atoms with Crippen LogP contribution >= 0.6 is 15.9 Å². The average molecular weight is 645 g/mol. The van der Waals surface area contributed by atoms with Crippen molar-refractivity contribution in [3.8, 4) is 17.0 Å². The molecular weight excluding hydrogens is 612 g/mol. The number of amides is 3. The van der Waals surface area contributed by atoms with Crippen LogP contribution in [0.25, 0.3) is 11.3 Å². The van der Waals surface area contributed by atoms with Crippen LogP contribution in [-0.4, -0.2) is 68.3 Å². The van der Waals surface area contributed by atoms with Gasteiger partial charge in [0.05, 0.1) is 30.5 Å². The number of nitrogens with zero attached hydrogens (tertiary/aromatic N) is 5. The van der Waals surface area contributed by atoms with Gasteiger partial charge in [-0.2, -0.15) is 4.39 Å². The topological polar surface area (TPSA) is 97.6 Å². The molecule has 0 aliphatic carbocycles. The summed E-state index contributed by atoms with van der Waals surface area (Å²) >= 11 is 3.33. The maximum Gasteiger partial charge on any atom is 0.262 e. The fourth-order valence-electron chi connectivity index (χ4n) is 5.91. The summed E-state index contributed by atoms with van der Waals surface area (Å²) in [6.45, 7) is 8.87. The Bertz CT molecular complexity index is 1560. The minimum atomic E-state index is -1.08. The monoisotopic (exact) mass is 643 g/mol. The maximum absolute atomic E-state index is 14.8. The van der Waals surface area contributed by atoms with Gasteiger partial charge in [0.25, 0.3) is 11.8 Å². The number of piperidine rings is 1. The molecule has 0 spiro atoms. The predicted octanol–water partition coefficient (Wildman–Crippen LogP) is 5.33. The van der Waals surface area contributed by atoms with Crippen molar-refractivity contribution in [1.29, 1.82) is 0 Å². The van der Waals surface area contributed by atoms with E-state index in [1.807, 2.05) is 0 Å². The van der Waals surface area contributed by atoms with Crippen LogP contribution in [0.3, 0.4) is 0 Å². The molecule has 1 fully saturated rings. The first kappa shape index (κ1) is 29.8. The van der Waals surface area contributed by atoms with E-state index in [4.69, 9.17) is 4.74 Å². The first-order valence-electron chi connectivity index (χ1n) is 13.9. The van der Waals surface area contributed by atoms with Gasteiger partial charge in [-0.25, -0.2) is 4.39 Å². The van der Waals surface area contributed by atoms with Gasteiger partial charge in [0, 0.05) is 28.5 Å². The number of benzene rings is 2. The maximum atomic E-state index is 14.8. The molecule has 42 heavy (non-hydrogen) atoms. The lowest BCUT2D eigenvalue weighted by Gasteiger charge is -2.46. The van der Waals surface area contributed by atoms with Gasteiger partial charge in [-0.15, -0.1) is 5.10 Å². The highest BCUT2D eigenvalue weighted by molar-refractivity contribution is 9.10. The van der Waals surface area contributed by atoms with Gasteiger partial charge in [0.15, 0.2) is 11.6 Å². The third-order valence-electron chi connectivity index (χ3n) is 8.41. The highest BCUT2D eigenvalue weighted by Gasteiger charge is 2.45. The Hall–Kier alpha value is -3.67. The summed E-state index contributed by atoms with van der Waals surface area (Å²) < 4.78 is 36.7. The molecule has 2 unspecified atom stereocenters. The molecule has 0 bridgehead atoms. The molecule has 2 atom stereocenters. The molecule has 0 N–H and O–H groups in total. The molecule has 5 rings (SSSR count). The predicted molar refractivity (Wildman–Crippen MR) is 154 cm³/mol. The van der Waals surface area contributed by atoms with Crippen LogP contribution in [0.15, 0.2) is 41.0 Å². The number of aromatic nitrogens is 3. The molecule has 12 heteroatoms. The zero-order valence-electron chi connectivity index (χ0n) is 23.9. The van der Waals surface area contributed by atoms with E-state index in [1.165, 1.54) is 12.1 Å². The molecule has 0 saturated carbocycles. The van der Waals surface area contributed by atoms with E-state index in [2.05, 4.69) is 40.1 Å². The van der Waals surface area contributed by atoms with Crippen LogP contribution in [-0.2, 0) is 11.3 Å². The zero-order chi connectivity index (χ0) is 30.3. The standard InChI is InChI=1S/C30H32BrF2N5O4/c1-5-42-24-10-9-21(25(32)26(24)33)23-14-37(35-34-23)16-30(17(2)3)11-6-12-36(15-30)27(39)18(4)38-28(40)20-8-7-19(31)13-22(20)29(38)41/h7-10,13-14,17-18H,5-6,11-12,15-16H2,1-4H3. The van der Waals surface area contributed by atoms with E-state index in [0.717, 1.165) is 11.3 Å². The number of halogens is 3. The summed E-state index contributed by atoms with van der Waals surface area (Å²) in [6, 6.07) is 6.67. The van der Waals surface area contributed by atoms with Crippen molar-refractivity contribution >= 4 is 33.7 Å². The Kier molecular flexibility index (Phi) is 8.19. The molecule has 2 aliphatic rings. The van der Waals surface area contributed by atoms with Crippen LogP contribution < -0.4 is 4.74 Å². The second-order valence-corrected chi connectivity index (χ2v) is 12.1. The Balaban J connectivity index is 1.34. The van der Waals surface area contributed by atoms with Crippen molar-refractivity contribution in [1.82, 2.24) is 24.8 Å². The first-order chi connectivity index (χ1) is 20.0. The van der Waals surface area contributed by atoms with E-state index in [1.54, 1.807) is 47.8 Å². The van der Waals surface area contributed by atoms with Crippen molar-refractivity contribution in [2.24, 2.45) is 11.3 Å². The number of imide groups is 1. The summed E-state index contributed by atoms with van der Waals surface area (Å²) in [6.07, 6.45) is 3.08. The minimum Gasteiger partial charge on any atom is -0.491 e. The van der Waals surface area contributed by atoms with Crippen molar-refractivity contribution in [3.05, 3.63) is 63.8 Å². The quantitative estimate of drug-likeness (QED) is 0.308. The molecule has 1 aromatic heterocycles. The lowest BCUT2D eigenvalue weighted by atomic mass is 9.71. The highest BCUT2D eigenvalue weighted by Crippen LogP contribution is 2.40. The van der Waals surface area contributed by atoms with Crippen LogP contribution in [0.4, 0.5) is 8.78 Å². The average Bonchev–Trinajstić information content (AvgIpc) is 3.52. The van der Waals surface area contributed by atoms with Crippen molar-refractivity contribution in [2.45, 2.75) is 53.1 Å². The molecule has 2 aromatic carbocycles. The van der Waals surface area contributed by atoms with Gasteiger partial charge in [-0.05, 0) is 62.9 Å². The second kappa shape index (κ2) is 11.5. The number of likely N-dealkylation sites (tertiary alicyclic amines) is 1. The number of rotatable bonds is 8. The van der Waals surface area contributed by atoms with Gasteiger partial charge in [-0.3, -0.25) is 24.0 Å². The number of carbonyl (C=O) groups excluding carboxylic acids is 3. The van der Waals surface area contributed by atoms with Gasteiger partial charge in [0.1, 0.15) is 11.7 Å². The van der Waals surface area contributed by atoms with E-state index in [9.17, 15) is 23.2 Å². The van der Waals surface area contributed by atoms with E-state index in [-0.39, 0.29) is 46.6 Å². The number of fused-ring (bicyclic) bond motifs is 1. The number of carbonyl (C=O) groups is 3.